The van der Waals surface area contributed by atoms with Gasteiger partial charge in [-0.25, -0.2) is 0 Å². The Labute approximate surface area is 117 Å². The molecular formula is C16H16N2O2. The van der Waals surface area contributed by atoms with E-state index in [0.717, 1.165) is 17.9 Å². The molecule has 0 radical (unpaired) electrons. The molecule has 0 bridgehead atoms. The van der Waals surface area contributed by atoms with Gasteiger partial charge in [-0.3, -0.25) is 4.79 Å². The van der Waals surface area contributed by atoms with Gasteiger partial charge in [0.2, 0.25) is 0 Å². The first-order chi connectivity index (χ1) is 9.66. The fraction of sp³-hybridized carbons (Fsp3) is 0.188. The number of para-hydroxylation sites is 2. The van der Waals surface area contributed by atoms with Gasteiger partial charge in [0.25, 0.3) is 5.91 Å². The van der Waals surface area contributed by atoms with Crippen molar-refractivity contribution in [2.45, 2.75) is 0 Å². The van der Waals surface area contributed by atoms with Crippen LogP contribution in [-0.2, 0) is 0 Å². The number of benzene rings is 2. The third kappa shape index (κ3) is 2.09. The molecule has 102 valence electrons. The maximum atomic E-state index is 12.6. The average molecular weight is 268 g/mol. The van der Waals surface area contributed by atoms with Crippen LogP contribution in [0.15, 0.2) is 48.5 Å². The van der Waals surface area contributed by atoms with E-state index in [4.69, 9.17) is 0 Å². The molecule has 0 unspecified atom stereocenters. The maximum absolute atomic E-state index is 12.6. The topological polar surface area (TPSA) is 43.8 Å². The number of aromatic hydroxyl groups is 1. The smallest absolute Gasteiger partial charge is 0.258 e. The zero-order valence-electron chi connectivity index (χ0n) is 11.3. The van der Waals surface area contributed by atoms with Crippen LogP contribution in [0.3, 0.4) is 0 Å². The van der Waals surface area contributed by atoms with Crippen LogP contribution >= 0.6 is 0 Å². The number of nitrogens with zero attached hydrogens (tertiary/aromatic N) is 2. The number of rotatable bonds is 1. The Kier molecular flexibility index (Phi) is 3.06. The molecule has 0 saturated carbocycles. The van der Waals surface area contributed by atoms with E-state index >= 15 is 0 Å². The minimum absolute atomic E-state index is 0.0365. The van der Waals surface area contributed by atoms with E-state index < -0.39 is 0 Å². The molecule has 4 nitrogen and oxygen atoms in total. The van der Waals surface area contributed by atoms with Crippen LogP contribution in [0.1, 0.15) is 10.4 Å². The second-order valence-electron chi connectivity index (χ2n) is 4.91. The summed E-state index contributed by atoms with van der Waals surface area (Å²) in [4.78, 5) is 16.5. The number of hydrogen-bond donors (Lipinski definition) is 1. The van der Waals surface area contributed by atoms with Gasteiger partial charge >= 0.3 is 0 Å². The van der Waals surface area contributed by atoms with Crippen molar-refractivity contribution in [2.24, 2.45) is 0 Å². The van der Waals surface area contributed by atoms with Crippen LogP contribution in [0.2, 0.25) is 0 Å². The van der Waals surface area contributed by atoms with Gasteiger partial charge in [-0.15, -0.1) is 0 Å². The summed E-state index contributed by atoms with van der Waals surface area (Å²) < 4.78 is 0. The molecular weight excluding hydrogens is 252 g/mol. The van der Waals surface area contributed by atoms with Gasteiger partial charge < -0.3 is 14.9 Å². The summed E-state index contributed by atoms with van der Waals surface area (Å²) in [6, 6.07) is 14.3. The Morgan fingerprint density at radius 1 is 1.00 bits per heavy atom. The number of carbonyl (C=O) groups excluding carboxylic acids is 1. The number of phenols is 1. The molecule has 2 aromatic rings. The summed E-state index contributed by atoms with van der Waals surface area (Å²) in [6.07, 6.45) is 0. The zero-order chi connectivity index (χ0) is 14.1. The predicted molar refractivity (Wildman–Crippen MR) is 79.5 cm³/mol. The van der Waals surface area contributed by atoms with Crippen molar-refractivity contribution in [3.05, 3.63) is 54.1 Å². The normalized spacial score (nSPS) is 14.1. The van der Waals surface area contributed by atoms with E-state index in [0.29, 0.717) is 12.1 Å². The highest BCUT2D eigenvalue weighted by atomic mass is 16.3. The SMILES string of the molecule is CN1CCN(C(=O)c2ccc(O)cc2)c2ccccc21. The molecule has 0 fully saturated rings. The lowest BCUT2D eigenvalue weighted by Crippen LogP contribution is -2.42. The number of fused-ring (bicyclic) bond motifs is 1. The number of anilines is 2. The molecule has 1 heterocycles. The molecule has 2 aromatic carbocycles. The van der Waals surface area contributed by atoms with Crippen LogP contribution in [-0.4, -0.2) is 31.2 Å². The predicted octanol–water partition coefficient (Wildman–Crippen LogP) is 2.49. The number of likely N-dealkylation sites (N-methyl/N-ethyl adjacent to an activating group) is 1. The third-order valence-electron chi connectivity index (χ3n) is 3.60. The number of phenolic OH excluding ortho intramolecular Hbond substituents is 1. The highest BCUT2D eigenvalue weighted by Gasteiger charge is 2.25. The summed E-state index contributed by atoms with van der Waals surface area (Å²) in [5.41, 5.74) is 2.58. The summed E-state index contributed by atoms with van der Waals surface area (Å²) >= 11 is 0. The van der Waals surface area contributed by atoms with Crippen molar-refractivity contribution < 1.29 is 9.90 Å². The number of amides is 1. The second kappa shape index (κ2) is 4.89. The molecule has 4 heteroatoms. The summed E-state index contributed by atoms with van der Waals surface area (Å²) in [6.45, 7) is 1.47. The first kappa shape index (κ1) is 12.5. The molecule has 0 aromatic heterocycles. The van der Waals surface area contributed by atoms with E-state index in [9.17, 15) is 9.90 Å². The molecule has 1 N–H and O–H groups in total. The Bertz CT molecular complexity index is 637. The molecule has 0 aliphatic carbocycles. The third-order valence-corrected chi connectivity index (χ3v) is 3.60. The molecule has 1 aliphatic heterocycles. The van der Waals surface area contributed by atoms with Crippen LogP contribution in [0.25, 0.3) is 0 Å². The lowest BCUT2D eigenvalue weighted by Gasteiger charge is -2.35. The van der Waals surface area contributed by atoms with Crippen molar-refractivity contribution >= 4 is 17.3 Å². The van der Waals surface area contributed by atoms with Gasteiger partial charge in [0.15, 0.2) is 0 Å². The van der Waals surface area contributed by atoms with E-state index in [1.54, 1.807) is 17.0 Å². The largest absolute Gasteiger partial charge is 0.508 e. The van der Waals surface area contributed by atoms with Crippen molar-refractivity contribution in [3.63, 3.8) is 0 Å². The van der Waals surface area contributed by atoms with Crippen molar-refractivity contribution in [3.8, 4) is 5.75 Å². The quantitative estimate of drug-likeness (QED) is 0.864. The van der Waals surface area contributed by atoms with E-state index in [1.165, 1.54) is 12.1 Å². The van der Waals surface area contributed by atoms with E-state index in [1.807, 2.05) is 31.3 Å². The van der Waals surface area contributed by atoms with Crippen LogP contribution in [0, 0.1) is 0 Å². The van der Waals surface area contributed by atoms with Crippen LogP contribution in [0.5, 0.6) is 5.75 Å². The van der Waals surface area contributed by atoms with E-state index in [-0.39, 0.29) is 11.7 Å². The second-order valence-corrected chi connectivity index (χ2v) is 4.91. The molecule has 20 heavy (non-hydrogen) atoms. The van der Waals surface area contributed by atoms with Gasteiger partial charge in [0, 0.05) is 25.7 Å². The molecule has 3 rings (SSSR count). The Balaban J connectivity index is 1.97. The maximum Gasteiger partial charge on any atom is 0.258 e. The average Bonchev–Trinajstić information content (AvgIpc) is 2.48. The summed E-state index contributed by atoms with van der Waals surface area (Å²) in [5.74, 6) is 0.130. The van der Waals surface area contributed by atoms with Gasteiger partial charge in [0.05, 0.1) is 11.4 Å². The number of carbonyl (C=O) groups is 1. The number of hydrogen-bond acceptors (Lipinski definition) is 3. The molecule has 0 spiro atoms. The lowest BCUT2D eigenvalue weighted by atomic mass is 10.1. The molecule has 0 saturated heterocycles. The van der Waals surface area contributed by atoms with Gasteiger partial charge in [-0.05, 0) is 36.4 Å². The Morgan fingerprint density at radius 3 is 2.35 bits per heavy atom. The Morgan fingerprint density at radius 2 is 1.65 bits per heavy atom. The lowest BCUT2D eigenvalue weighted by molar-refractivity contribution is 0.0987. The summed E-state index contributed by atoms with van der Waals surface area (Å²) in [5, 5.41) is 9.31. The highest BCUT2D eigenvalue weighted by Crippen LogP contribution is 2.32. The minimum atomic E-state index is -0.0365. The van der Waals surface area contributed by atoms with Crippen LogP contribution in [0.4, 0.5) is 11.4 Å². The highest BCUT2D eigenvalue weighted by molar-refractivity contribution is 6.08. The van der Waals surface area contributed by atoms with Gasteiger partial charge in [-0.2, -0.15) is 0 Å². The van der Waals surface area contributed by atoms with Crippen molar-refractivity contribution in [1.82, 2.24) is 0 Å². The first-order valence-corrected chi connectivity index (χ1v) is 6.58. The monoisotopic (exact) mass is 268 g/mol. The van der Waals surface area contributed by atoms with Gasteiger partial charge in [0.1, 0.15) is 5.75 Å². The van der Waals surface area contributed by atoms with Crippen LogP contribution < -0.4 is 9.80 Å². The molecule has 1 aliphatic rings. The minimum Gasteiger partial charge on any atom is -0.508 e. The zero-order valence-corrected chi connectivity index (χ0v) is 11.3. The van der Waals surface area contributed by atoms with Crippen molar-refractivity contribution in [2.75, 3.05) is 29.9 Å². The fourth-order valence-corrected chi connectivity index (χ4v) is 2.48. The standard InChI is InChI=1S/C16H16N2O2/c1-17-10-11-18(15-5-3-2-4-14(15)17)16(20)12-6-8-13(19)9-7-12/h2-9,19H,10-11H2,1H3. The Hall–Kier alpha value is -2.49. The van der Waals surface area contributed by atoms with E-state index in [2.05, 4.69) is 4.90 Å². The molecule has 0 atom stereocenters. The first-order valence-electron chi connectivity index (χ1n) is 6.58. The van der Waals surface area contributed by atoms with Crippen molar-refractivity contribution in [1.29, 1.82) is 0 Å². The summed E-state index contributed by atoms with van der Waals surface area (Å²) in [7, 11) is 2.03. The molecule has 1 amide bonds. The fourth-order valence-electron chi connectivity index (χ4n) is 2.48. The van der Waals surface area contributed by atoms with Gasteiger partial charge in [-0.1, -0.05) is 12.1 Å².